The Bertz CT molecular complexity index is 1240. The van der Waals surface area contributed by atoms with E-state index in [1.54, 1.807) is 41.1 Å². The second-order valence-electron chi connectivity index (χ2n) is 6.26. The van der Waals surface area contributed by atoms with Crippen LogP contribution < -0.4 is 5.32 Å². The molecule has 0 saturated heterocycles. The molecule has 0 fully saturated rings. The summed E-state index contributed by atoms with van der Waals surface area (Å²) in [5.74, 6) is -0.285. The Morgan fingerprint density at radius 3 is 2.60 bits per heavy atom. The van der Waals surface area contributed by atoms with Gasteiger partial charge in [-0.25, -0.2) is 9.67 Å². The van der Waals surface area contributed by atoms with E-state index in [0.29, 0.717) is 37.9 Å². The van der Waals surface area contributed by atoms with Gasteiger partial charge in [0.05, 0.1) is 27.3 Å². The predicted molar refractivity (Wildman–Crippen MR) is 118 cm³/mol. The van der Waals surface area contributed by atoms with Crippen molar-refractivity contribution in [3.05, 3.63) is 80.1 Å². The number of hydrogen-bond donors (Lipinski definition) is 2. The number of benzene rings is 2. The minimum atomic E-state index is -0.439. The highest BCUT2D eigenvalue weighted by Gasteiger charge is 2.15. The van der Waals surface area contributed by atoms with Gasteiger partial charge in [0.2, 0.25) is 5.95 Å². The summed E-state index contributed by atoms with van der Waals surface area (Å²) in [6.07, 6.45) is 1.50. The number of carbonyl (C=O) groups is 1. The molecule has 30 heavy (non-hydrogen) atoms. The van der Waals surface area contributed by atoms with Gasteiger partial charge in [0, 0.05) is 10.6 Å². The van der Waals surface area contributed by atoms with Crippen LogP contribution in [0, 0.1) is 0 Å². The molecule has 2 N–H and O–H groups in total. The van der Waals surface area contributed by atoms with Gasteiger partial charge in [-0.05, 0) is 42.0 Å². The molecule has 0 radical (unpaired) electrons. The zero-order chi connectivity index (χ0) is 21.3. The lowest BCUT2D eigenvalue weighted by Gasteiger charge is -2.03. The highest BCUT2D eigenvalue weighted by molar-refractivity contribution is 6.42. The summed E-state index contributed by atoms with van der Waals surface area (Å²) >= 11 is 24.1. The highest BCUT2D eigenvalue weighted by atomic mass is 35.5. The Morgan fingerprint density at radius 1 is 1.00 bits per heavy atom. The zero-order valence-electron chi connectivity index (χ0n) is 15.0. The van der Waals surface area contributed by atoms with Gasteiger partial charge in [0.15, 0.2) is 0 Å². The fraction of sp³-hybridized carbons (Fsp3) is 0.0526. The number of amides is 1. The van der Waals surface area contributed by atoms with Crippen molar-refractivity contribution >= 4 is 58.3 Å². The van der Waals surface area contributed by atoms with E-state index in [2.05, 4.69) is 25.6 Å². The Morgan fingerprint density at radius 2 is 1.83 bits per heavy atom. The van der Waals surface area contributed by atoms with E-state index in [1.807, 2.05) is 6.07 Å². The molecule has 0 saturated carbocycles. The monoisotopic (exact) mass is 480 g/mol. The van der Waals surface area contributed by atoms with Gasteiger partial charge in [-0.3, -0.25) is 15.2 Å². The van der Waals surface area contributed by atoms with Gasteiger partial charge < -0.3 is 0 Å². The average Bonchev–Trinajstić information content (AvgIpc) is 3.35. The average molecular weight is 482 g/mol. The van der Waals surface area contributed by atoms with Crippen LogP contribution in [0.5, 0.6) is 0 Å². The van der Waals surface area contributed by atoms with E-state index >= 15 is 0 Å². The third-order valence-corrected chi connectivity index (χ3v) is 5.41. The normalized spacial score (nSPS) is 10.9. The molecule has 4 aromatic rings. The minimum Gasteiger partial charge on any atom is -0.288 e. The zero-order valence-corrected chi connectivity index (χ0v) is 18.1. The van der Waals surface area contributed by atoms with Crippen LogP contribution in [-0.4, -0.2) is 30.9 Å². The van der Waals surface area contributed by atoms with Gasteiger partial charge in [-0.15, -0.1) is 5.10 Å². The fourth-order valence-electron chi connectivity index (χ4n) is 2.70. The molecule has 152 valence electrons. The molecule has 2 aromatic carbocycles. The molecule has 7 nitrogen and oxygen atoms in total. The molecule has 0 spiro atoms. The van der Waals surface area contributed by atoms with Crippen LogP contribution in [0.25, 0.3) is 11.3 Å². The van der Waals surface area contributed by atoms with E-state index < -0.39 is 5.91 Å². The van der Waals surface area contributed by atoms with Gasteiger partial charge in [-0.2, -0.15) is 5.10 Å². The third-order valence-electron chi connectivity index (χ3n) is 4.12. The molecule has 0 unspecified atom stereocenters. The van der Waals surface area contributed by atoms with Crippen molar-refractivity contribution in [3.8, 4) is 11.3 Å². The number of H-pyrrole nitrogens is 1. The SMILES string of the molecule is O=C(Nc1ncn(Cc2ccc(Cl)c(Cl)c2)n1)c1cc(-c2ccc(Cl)cc2Cl)n[nH]1. The van der Waals surface area contributed by atoms with Crippen molar-refractivity contribution in [1.82, 2.24) is 25.0 Å². The molecule has 0 bridgehead atoms. The van der Waals surface area contributed by atoms with Crippen molar-refractivity contribution < 1.29 is 4.79 Å². The standard InChI is InChI=1S/C19H12Cl4N6O/c20-11-2-3-12(14(22)6-11)16-7-17(27-26-16)18(30)25-19-24-9-29(28-19)8-10-1-4-13(21)15(23)5-10/h1-7,9H,8H2,(H,26,27)(H,25,28,30). The van der Waals surface area contributed by atoms with Crippen molar-refractivity contribution in [1.29, 1.82) is 0 Å². The number of hydrogen-bond acceptors (Lipinski definition) is 4. The lowest BCUT2D eigenvalue weighted by Crippen LogP contribution is -2.14. The second-order valence-corrected chi connectivity index (χ2v) is 7.92. The van der Waals surface area contributed by atoms with E-state index in [1.165, 1.54) is 6.33 Å². The maximum atomic E-state index is 12.5. The number of nitrogens with one attached hydrogen (secondary N) is 2. The van der Waals surface area contributed by atoms with Crippen LogP contribution in [0.3, 0.4) is 0 Å². The van der Waals surface area contributed by atoms with Crippen LogP contribution >= 0.6 is 46.4 Å². The second kappa shape index (κ2) is 8.65. The van der Waals surface area contributed by atoms with Crippen molar-refractivity contribution in [2.45, 2.75) is 6.54 Å². The van der Waals surface area contributed by atoms with Gasteiger partial charge in [0.25, 0.3) is 5.91 Å². The summed E-state index contributed by atoms with van der Waals surface area (Å²) in [5, 5.41) is 15.6. The molecule has 2 heterocycles. The molecule has 0 aliphatic carbocycles. The number of nitrogens with zero attached hydrogens (tertiary/aromatic N) is 4. The van der Waals surface area contributed by atoms with E-state index in [0.717, 1.165) is 5.56 Å². The number of aromatic amines is 1. The first-order valence-electron chi connectivity index (χ1n) is 8.54. The Hall–Kier alpha value is -2.58. The van der Waals surface area contributed by atoms with Gasteiger partial charge in [-0.1, -0.05) is 52.5 Å². The molecule has 1 amide bonds. The van der Waals surface area contributed by atoms with Gasteiger partial charge in [0.1, 0.15) is 12.0 Å². The summed E-state index contributed by atoms with van der Waals surface area (Å²) in [6.45, 7) is 0.420. The van der Waals surface area contributed by atoms with E-state index in [-0.39, 0.29) is 11.6 Å². The summed E-state index contributed by atoms with van der Waals surface area (Å²) < 4.78 is 1.57. The third kappa shape index (κ3) is 4.60. The summed E-state index contributed by atoms with van der Waals surface area (Å²) in [4.78, 5) is 16.6. The van der Waals surface area contributed by atoms with Crippen molar-refractivity contribution in [3.63, 3.8) is 0 Å². The topological polar surface area (TPSA) is 88.5 Å². The summed E-state index contributed by atoms with van der Waals surface area (Å²) in [7, 11) is 0. The molecule has 2 aromatic heterocycles. The molecular weight excluding hydrogens is 470 g/mol. The van der Waals surface area contributed by atoms with Crippen LogP contribution in [-0.2, 0) is 6.54 Å². The van der Waals surface area contributed by atoms with Gasteiger partial charge >= 0.3 is 0 Å². The number of halogens is 4. The molecule has 0 aliphatic rings. The quantitative estimate of drug-likeness (QED) is 0.389. The maximum absolute atomic E-state index is 12.5. The Kier molecular flexibility index (Phi) is 5.97. The molecular formula is C19H12Cl4N6O. The predicted octanol–water partition coefficient (Wildman–Crippen LogP) is 5.58. The summed E-state index contributed by atoms with van der Waals surface area (Å²) in [6, 6.07) is 11.9. The van der Waals surface area contributed by atoms with Crippen molar-refractivity contribution in [2.75, 3.05) is 5.32 Å². The Balaban J connectivity index is 1.44. The van der Waals surface area contributed by atoms with Crippen LogP contribution in [0.1, 0.15) is 16.1 Å². The minimum absolute atomic E-state index is 0.153. The Labute approximate surface area is 190 Å². The first-order valence-corrected chi connectivity index (χ1v) is 10.1. The van der Waals surface area contributed by atoms with Crippen LogP contribution in [0.15, 0.2) is 48.8 Å². The lowest BCUT2D eigenvalue weighted by molar-refractivity contribution is 0.102. The number of aromatic nitrogens is 5. The first-order chi connectivity index (χ1) is 14.4. The van der Waals surface area contributed by atoms with Crippen LogP contribution in [0.2, 0.25) is 20.1 Å². The highest BCUT2D eigenvalue weighted by Crippen LogP contribution is 2.29. The maximum Gasteiger partial charge on any atom is 0.276 e. The summed E-state index contributed by atoms with van der Waals surface area (Å²) in [5.41, 5.74) is 2.29. The number of rotatable bonds is 5. The van der Waals surface area contributed by atoms with E-state index in [9.17, 15) is 4.79 Å². The number of carbonyl (C=O) groups excluding carboxylic acids is 1. The molecule has 11 heteroatoms. The lowest BCUT2D eigenvalue weighted by atomic mass is 10.1. The molecule has 4 rings (SSSR count). The fourth-order valence-corrected chi connectivity index (χ4v) is 3.52. The van der Waals surface area contributed by atoms with Crippen LogP contribution in [0.4, 0.5) is 5.95 Å². The largest absolute Gasteiger partial charge is 0.288 e. The molecule has 0 aliphatic heterocycles. The number of anilines is 1. The molecule has 0 atom stereocenters. The van der Waals surface area contributed by atoms with E-state index in [4.69, 9.17) is 46.4 Å². The first kappa shape index (κ1) is 20.7. The van der Waals surface area contributed by atoms with Crippen molar-refractivity contribution in [2.24, 2.45) is 0 Å². The smallest absolute Gasteiger partial charge is 0.276 e.